The number of anilines is 1. The molecular weight excluding hydrogens is 327 g/mol. The number of carbonyl (C=O) groups excluding carboxylic acids is 2. The van der Waals surface area contributed by atoms with Crippen molar-refractivity contribution in [2.75, 3.05) is 19.5 Å². The van der Waals surface area contributed by atoms with Crippen LogP contribution >= 0.6 is 0 Å². The highest BCUT2D eigenvalue weighted by molar-refractivity contribution is 5.98. The lowest BCUT2D eigenvalue weighted by Gasteiger charge is -2.20. The fraction of sp³-hybridized carbons (Fsp3) is 0.375. The number of rotatable bonds is 5. The first-order valence-corrected chi connectivity index (χ1v) is 7.06. The van der Waals surface area contributed by atoms with Crippen LogP contribution in [0.4, 0.5) is 18.9 Å². The van der Waals surface area contributed by atoms with Crippen molar-refractivity contribution < 1.29 is 32.2 Å². The van der Waals surface area contributed by atoms with Crippen LogP contribution in [0.25, 0.3) is 0 Å². The molecule has 24 heavy (non-hydrogen) atoms. The number of carbonyl (C=O) groups is 2. The van der Waals surface area contributed by atoms with Gasteiger partial charge in [0.2, 0.25) is 0 Å². The van der Waals surface area contributed by atoms with E-state index in [-0.39, 0.29) is 24.1 Å². The van der Waals surface area contributed by atoms with E-state index in [4.69, 9.17) is 0 Å². The summed E-state index contributed by atoms with van der Waals surface area (Å²) in [6.07, 6.45) is -3.25. The first kappa shape index (κ1) is 17.8. The number of ether oxygens (including phenoxy) is 2. The van der Waals surface area contributed by atoms with Crippen molar-refractivity contribution in [3.8, 4) is 0 Å². The van der Waals surface area contributed by atoms with E-state index in [9.17, 15) is 22.8 Å². The molecule has 1 aromatic carbocycles. The second-order valence-electron chi connectivity index (χ2n) is 5.35. The van der Waals surface area contributed by atoms with Gasteiger partial charge >= 0.3 is 18.1 Å². The highest BCUT2D eigenvalue weighted by atomic mass is 19.4. The molecule has 1 aliphatic carbocycles. The molecular formula is C16H16F3NO4. The molecule has 1 aromatic rings. The van der Waals surface area contributed by atoms with E-state index >= 15 is 0 Å². The predicted molar refractivity (Wildman–Crippen MR) is 79.1 cm³/mol. The Labute approximate surface area is 136 Å². The largest absolute Gasteiger partial charge is 0.466 e. The van der Waals surface area contributed by atoms with Crippen LogP contribution in [0, 0.1) is 0 Å². The molecule has 0 bridgehead atoms. The van der Waals surface area contributed by atoms with Crippen molar-refractivity contribution in [2.24, 2.45) is 0 Å². The van der Waals surface area contributed by atoms with Crippen molar-refractivity contribution in [3.05, 3.63) is 41.6 Å². The molecule has 0 unspecified atom stereocenters. The Balaban J connectivity index is 2.20. The molecule has 0 heterocycles. The normalized spacial score (nSPS) is 16.3. The van der Waals surface area contributed by atoms with Gasteiger partial charge in [-0.3, -0.25) is 0 Å². The van der Waals surface area contributed by atoms with Gasteiger partial charge in [0.15, 0.2) is 0 Å². The van der Waals surface area contributed by atoms with Gasteiger partial charge in [0.05, 0.1) is 25.7 Å². The fourth-order valence-electron chi connectivity index (χ4n) is 2.32. The van der Waals surface area contributed by atoms with Gasteiger partial charge in [0.1, 0.15) is 5.70 Å². The molecule has 0 aliphatic heterocycles. The average molecular weight is 343 g/mol. The Bertz CT molecular complexity index is 661. The third-order valence-corrected chi connectivity index (χ3v) is 3.88. The van der Waals surface area contributed by atoms with Crippen LogP contribution in [0.1, 0.15) is 18.4 Å². The SMILES string of the molecule is COC(=O)/C=C(/Nc1ccc(C2(C(F)(F)F)CC2)cc1)C(=O)OC. The molecule has 1 saturated carbocycles. The van der Waals surface area contributed by atoms with E-state index in [1.54, 1.807) is 0 Å². The molecule has 0 spiro atoms. The molecule has 1 aliphatic rings. The highest BCUT2D eigenvalue weighted by Crippen LogP contribution is 2.58. The zero-order valence-electron chi connectivity index (χ0n) is 13.1. The van der Waals surface area contributed by atoms with Crippen LogP contribution in [0.15, 0.2) is 36.0 Å². The Hall–Kier alpha value is -2.51. The lowest BCUT2D eigenvalue weighted by atomic mass is 9.95. The van der Waals surface area contributed by atoms with Gasteiger partial charge in [-0.1, -0.05) is 12.1 Å². The van der Waals surface area contributed by atoms with Crippen LogP contribution in [0.5, 0.6) is 0 Å². The summed E-state index contributed by atoms with van der Waals surface area (Å²) in [5, 5.41) is 2.64. The number of hydrogen-bond donors (Lipinski definition) is 1. The Morgan fingerprint density at radius 3 is 2.12 bits per heavy atom. The maximum Gasteiger partial charge on any atom is 0.398 e. The summed E-state index contributed by atoms with van der Waals surface area (Å²) in [5.41, 5.74) is -1.43. The van der Waals surface area contributed by atoms with Crippen LogP contribution in [0.3, 0.4) is 0 Å². The average Bonchev–Trinajstić information content (AvgIpc) is 3.35. The second-order valence-corrected chi connectivity index (χ2v) is 5.35. The summed E-state index contributed by atoms with van der Waals surface area (Å²) in [4.78, 5) is 22.9. The minimum atomic E-state index is -4.29. The van der Waals surface area contributed by atoms with Crippen molar-refractivity contribution in [1.29, 1.82) is 0 Å². The Kier molecular flexibility index (Phi) is 4.86. The van der Waals surface area contributed by atoms with Gasteiger partial charge in [0.25, 0.3) is 0 Å². The number of hydrogen-bond acceptors (Lipinski definition) is 5. The zero-order valence-corrected chi connectivity index (χ0v) is 13.1. The molecule has 0 aromatic heterocycles. The van der Waals surface area contributed by atoms with Crippen LogP contribution < -0.4 is 5.32 Å². The van der Waals surface area contributed by atoms with Gasteiger partial charge in [-0.2, -0.15) is 13.2 Å². The summed E-state index contributed by atoms with van der Waals surface area (Å²) in [5.74, 6) is -1.58. The molecule has 5 nitrogen and oxygen atoms in total. The third kappa shape index (κ3) is 3.52. The van der Waals surface area contributed by atoms with Crippen molar-refractivity contribution in [1.82, 2.24) is 0 Å². The standard InChI is InChI=1S/C16H16F3NO4/c1-23-13(21)9-12(14(22)24-2)20-11-5-3-10(4-6-11)15(7-8-15)16(17,18)19/h3-6,9,20H,7-8H2,1-2H3/b12-9+. The maximum absolute atomic E-state index is 13.1. The van der Waals surface area contributed by atoms with Crippen LogP contribution in [0.2, 0.25) is 0 Å². The van der Waals surface area contributed by atoms with Crippen molar-refractivity contribution in [3.63, 3.8) is 0 Å². The van der Waals surface area contributed by atoms with E-state index in [0.717, 1.165) is 20.3 Å². The third-order valence-electron chi connectivity index (χ3n) is 3.88. The molecule has 8 heteroatoms. The summed E-state index contributed by atoms with van der Waals surface area (Å²) in [6, 6.07) is 5.54. The van der Waals surface area contributed by atoms with Crippen LogP contribution in [-0.2, 0) is 24.5 Å². The van der Waals surface area contributed by atoms with Crippen LogP contribution in [-0.4, -0.2) is 32.3 Å². The molecule has 0 radical (unpaired) electrons. The van der Waals surface area contributed by atoms with E-state index in [0.29, 0.717) is 5.69 Å². The van der Waals surface area contributed by atoms with Gasteiger partial charge in [-0.15, -0.1) is 0 Å². The van der Waals surface area contributed by atoms with E-state index in [1.807, 2.05) is 0 Å². The van der Waals surface area contributed by atoms with Gasteiger partial charge in [-0.25, -0.2) is 9.59 Å². The second kappa shape index (κ2) is 6.54. The smallest absolute Gasteiger partial charge is 0.398 e. The van der Waals surface area contributed by atoms with Gasteiger partial charge in [0, 0.05) is 5.69 Å². The minimum absolute atomic E-state index is 0.0684. The number of benzene rings is 1. The topological polar surface area (TPSA) is 64.6 Å². The summed E-state index contributed by atoms with van der Waals surface area (Å²) >= 11 is 0. The molecule has 1 fully saturated rings. The quantitative estimate of drug-likeness (QED) is 0.658. The lowest BCUT2D eigenvalue weighted by molar-refractivity contribution is -0.160. The highest BCUT2D eigenvalue weighted by Gasteiger charge is 2.64. The lowest BCUT2D eigenvalue weighted by Crippen LogP contribution is -2.28. The zero-order chi connectivity index (χ0) is 18.0. The summed E-state index contributed by atoms with van der Waals surface area (Å²) in [6.45, 7) is 0. The molecule has 0 saturated heterocycles. The summed E-state index contributed by atoms with van der Waals surface area (Å²) in [7, 11) is 2.28. The number of methoxy groups -OCH3 is 2. The Morgan fingerprint density at radius 1 is 1.12 bits per heavy atom. The first-order chi connectivity index (χ1) is 11.2. The van der Waals surface area contributed by atoms with Gasteiger partial charge in [-0.05, 0) is 30.5 Å². The summed E-state index contributed by atoms with van der Waals surface area (Å²) < 4.78 is 48.2. The van der Waals surface area contributed by atoms with E-state index in [1.165, 1.54) is 24.3 Å². The number of nitrogens with one attached hydrogen (secondary N) is 1. The fourth-order valence-corrected chi connectivity index (χ4v) is 2.32. The molecule has 2 rings (SSSR count). The monoisotopic (exact) mass is 343 g/mol. The first-order valence-electron chi connectivity index (χ1n) is 7.06. The van der Waals surface area contributed by atoms with E-state index in [2.05, 4.69) is 14.8 Å². The molecule has 0 amide bonds. The number of esters is 2. The van der Waals surface area contributed by atoms with Crippen molar-refractivity contribution in [2.45, 2.75) is 24.4 Å². The minimum Gasteiger partial charge on any atom is -0.466 e. The number of alkyl halides is 3. The maximum atomic E-state index is 13.1. The van der Waals surface area contributed by atoms with Gasteiger partial charge < -0.3 is 14.8 Å². The Morgan fingerprint density at radius 2 is 1.71 bits per heavy atom. The molecule has 0 atom stereocenters. The van der Waals surface area contributed by atoms with Crippen molar-refractivity contribution >= 4 is 17.6 Å². The predicted octanol–water partition coefficient (Wildman–Crippen LogP) is 2.92. The molecule has 130 valence electrons. The van der Waals surface area contributed by atoms with E-state index < -0.39 is 23.5 Å². The number of halogens is 3. The molecule has 1 N–H and O–H groups in total.